The van der Waals surface area contributed by atoms with Crippen LogP contribution in [0.25, 0.3) is 0 Å². The first kappa shape index (κ1) is 12.9. The molecular weight excluding hydrogens is 278 g/mol. The van der Waals surface area contributed by atoms with Gasteiger partial charge in [0, 0.05) is 13.1 Å². The van der Waals surface area contributed by atoms with Gasteiger partial charge in [-0.15, -0.1) is 0 Å². The van der Waals surface area contributed by atoms with Crippen molar-refractivity contribution >= 4 is 22.1 Å². The topological polar surface area (TPSA) is 92.8 Å². The second-order valence-corrected chi connectivity index (χ2v) is 6.33. The van der Waals surface area contributed by atoms with E-state index in [9.17, 15) is 13.2 Å². The lowest BCUT2D eigenvalue weighted by molar-refractivity contribution is -0.127. The van der Waals surface area contributed by atoms with E-state index in [1.54, 1.807) is 4.90 Å². The van der Waals surface area contributed by atoms with E-state index in [0.717, 1.165) is 18.2 Å². The van der Waals surface area contributed by atoms with Gasteiger partial charge in [-0.1, -0.05) is 24.3 Å². The highest BCUT2D eigenvalue weighted by Gasteiger charge is 2.31. The summed E-state index contributed by atoms with van der Waals surface area (Å²) in [4.78, 5) is 13.9. The molecule has 7 heteroatoms. The molecule has 0 spiro atoms. The van der Waals surface area contributed by atoms with Gasteiger partial charge >= 0.3 is 0 Å². The van der Waals surface area contributed by atoms with E-state index in [1.807, 2.05) is 24.3 Å². The van der Waals surface area contributed by atoms with Crippen molar-refractivity contribution in [3.05, 3.63) is 46.0 Å². The number of nitrogens with two attached hydrogens (primary N) is 1. The number of benzene rings is 1. The van der Waals surface area contributed by atoms with Crippen LogP contribution in [0.2, 0.25) is 0 Å². The lowest BCUT2D eigenvalue weighted by Crippen LogP contribution is -2.37. The number of hydrogen-bond donors (Lipinski definition) is 1. The van der Waals surface area contributed by atoms with Gasteiger partial charge in [-0.3, -0.25) is 4.79 Å². The average Bonchev–Trinajstić information content (AvgIpc) is 2.72. The molecule has 0 radical (unpaired) electrons. The van der Waals surface area contributed by atoms with Gasteiger partial charge in [-0.05, 0) is 17.5 Å². The van der Waals surface area contributed by atoms with Crippen LogP contribution in [-0.2, 0) is 27.8 Å². The standard InChI is InChI=1S/C13H13N3O3S/c14-12-11(7-15-20(12,18)19)13(17)16-6-5-9-3-1-2-4-10(9)8-16/h1-4,7H,5-6,8,14H2. The molecule has 1 aromatic rings. The Kier molecular flexibility index (Phi) is 2.86. The predicted octanol–water partition coefficient (Wildman–Crippen LogP) is 0.156. The Morgan fingerprint density at radius 1 is 1.25 bits per heavy atom. The molecule has 0 atom stereocenters. The molecule has 2 aliphatic rings. The predicted molar refractivity (Wildman–Crippen MR) is 74.2 cm³/mol. The number of carbonyl (C=O) groups is 1. The summed E-state index contributed by atoms with van der Waals surface area (Å²) in [6.45, 7) is 1.00. The van der Waals surface area contributed by atoms with Gasteiger partial charge in [0.25, 0.3) is 15.9 Å². The Hall–Kier alpha value is -2.15. The molecule has 0 bridgehead atoms. The van der Waals surface area contributed by atoms with Crippen LogP contribution in [-0.4, -0.2) is 32.0 Å². The molecule has 3 rings (SSSR count). The summed E-state index contributed by atoms with van der Waals surface area (Å²) < 4.78 is 26.1. The Labute approximate surface area is 116 Å². The minimum atomic E-state index is -3.84. The molecule has 2 aliphatic heterocycles. The maximum atomic E-state index is 12.3. The first-order chi connectivity index (χ1) is 9.49. The molecule has 0 fully saturated rings. The highest BCUT2D eigenvalue weighted by Crippen LogP contribution is 2.22. The number of rotatable bonds is 1. The van der Waals surface area contributed by atoms with Crippen LogP contribution in [0, 0.1) is 0 Å². The third-order valence-corrected chi connectivity index (χ3v) is 4.67. The Bertz CT molecular complexity index is 750. The zero-order valence-electron chi connectivity index (χ0n) is 10.6. The van der Waals surface area contributed by atoms with Gasteiger partial charge in [-0.2, -0.15) is 12.8 Å². The van der Waals surface area contributed by atoms with Crippen molar-refractivity contribution in [2.45, 2.75) is 13.0 Å². The van der Waals surface area contributed by atoms with E-state index >= 15 is 0 Å². The molecule has 1 amide bonds. The maximum Gasteiger partial charge on any atom is 0.298 e. The molecule has 1 aromatic carbocycles. The van der Waals surface area contributed by atoms with Gasteiger partial charge in [0.2, 0.25) is 0 Å². The third kappa shape index (κ3) is 2.00. The zero-order valence-corrected chi connectivity index (χ0v) is 11.4. The quantitative estimate of drug-likeness (QED) is 0.797. The summed E-state index contributed by atoms with van der Waals surface area (Å²) in [5.41, 5.74) is 7.73. The molecule has 0 aromatic heterocycles. The van der Waals surface area contributed by atoms with Gasteiger partial charge in [0.15, 0.2) is 5.03 Å². The molecule has 2 N–H and O–H groups in total. The van der Waals surface area contributed by atoms with Crippen molar-refractivity contribution in [3.63, 3.8) is 0 Å². The van der Waals surface area contributed by atoms with Crippen molar-refractivity contribution in [1.29, 1.82) is 0 Å². The molecule has 0 saturated heterocycles. The van der Waals surface area contributed by atoms with E-state index in [4.69, 9.17) is 5.73 Å². The highest BCUT2D eigenvalue weighted by atomic mass is 32.2. The van der Waals surface area contributed by atoms with Crippen molar-refractivity contribution in [2.24, 2.45) is 10.1 Å². The Balaban J connectivity index is 1.88. The monoisotopic (exact) mass is 291 g/mol. The molecule has 0 unspecified atom stereocenters. The summed E-state index contributed by atoms with van der Waals surface area (Å²) in [7, 11) is -3.84. The van der Waals surface area contributed by atoms with Gasteiger partial charge in [0.05, 0.1) is 11.8 Å². The van der Waals surface area contributed by atoms with Crippen LogP contribution in [0.15, 0.2) is 39.3 Å². The second-order valence-electron chi connectivity index (χ2n) is 4.73. The van der Waals surface area contributed by atoms with E-state index in [-0.39, 0.29) is 11.5 Å². The van der Waals surface area contributed by atoms with Crippen LogP contribution in [0.3, 0.4) is 0 Å². The smallest absolute Gasteiger partial charge is 0.298 e. The molecule has 0 saturated carbocycles. The molecule has 20 heavy (non-hydrogen) atoms. The van der Waals surface area contributed by atoms with Crippen LogP contribution in [0.5, 0.6) is 0 Å². The maximum absolute atomic E-state index is 12.3. The van der Waals surface area contributed by atoms with E-state index in [1.165, 1.54) is 5.56 Å². The fourth-order valence-corrected chi connectivity index (χ4v) is 3.16. The first-order valence-electron chi connectivity index (χ1n) is 6.15. The van der Waals surface area contributed by atoms with Gasteiger partial charge in [-0.25, -0.2) is 0 Å². The first-order valence-corrected chi connectivity index (χ1v) is 7.59. The summed E-state index contributed by atoms with van der Waals surface area (Å²) in [5, 5.41) is -0.457. The average molecular weight is 291 g/mol. The van der Waals surface area contributed by atoms with Crippen LogP contribution in [0.1, 0.15) is 11.1 Å². The number of sulfonamides is 1. The molecule has 2 heterocycles. The van der Waals surface area contributed by atoms with Crippen molar-refractivity contribution in [2.75, 3.05) is 6.54 Å². The van der Waals surface area contributed by atoms with Crippen LogP contribution in [0.4, 0.5) is 0 Å². The minimum absolute atomic E-state index is 0.0376. The zero-order chi connectivity index (χ0) is 14.3. The molecular formula is C13H13N3O3S. The van der Waals surface area contributed by atoms with E-state index in [2.05, 4.69) is 4.40 Å². The number of fused-ring (bicyclic) bond motifs is 1. The number of nitrogens with zero attached hydrogens (tertiary/aromatic N) is 2. The summed E-state index contributed by atoms with van der Waals surface area (Å²) >= 11 is 0. The lowest BCUT2D eigenvalue weighted by atomic mass is 9.99. The second kappa shape index (κ2) is 4.45. The van der Waals surface area contributed by atoms with Crippen molar-refractivity contribution in [3.8, 4) is 0 Å². The number of carbonyl (C=O) groups excluding carboxylic acids is 1. The van der Waals surface area contributed by atoms with E-state index < -0.39 is 15.1 Å². The van der Waals surface area contributed by atoms with Crippen LogP contribution >= 0.6 is 0 Å². The lowest BCUT2D eigenvalue weighted by Gasteiger charge is -2.28. The Morgan fingerprint density at radius 3 is 2.60 bits per heavy atom. The highest BCUT2D eigenvalue weighted by molar-refractivity contribution is 7.94. The SMILES string of the molecule is NC1=C(C(=O)N2CCc3ccccc3C2)C=NS1(=O)=O. The summed E-state index contributed by atoms with van der Waals surface area (Å²) in [5.74, 6) is -0.387. The van der Waals surface area contributed by atoms with Gasteiger partial charge < -0.3 is 10.6 Å². The fourth-order valence-electron chi connectivity index (χ4n) is 2.38. The van der Waals surface area contributed by atoms with E-state index in [0.29, 0.717) is 13.1 Å². The summed E-state index contributed by atoms with van der Waals surface area (Å²) in [6.07, 6.45) is 1.78. The Morgan fingerprint density at radius 2 is 1.95 bits per heavy atom. The van der Waals surface area contributed by atoms with Crippen LogP contribution < -0.4 is 5.73 Å². The molecule has 0 aliphatic carbocycles. The minimum Gasteiger partial charge on any atom is -0.387 e. The largest absolute Gasteiger partial charge is 0.387 e. The van der Waals surface area contributed by atoms with Crippen molar-refractivity contribution in [1.82, 2.24) is 4.90 Å². The number of hydrogen-bond acceptors (Lipinski definition) is 4. The summed E-state index contributed by atoms with van der Waals surface area (Å²) in [6, 6.07) is 7.88. The normalized spacial score (nSPS) is 20.1. The number of amides is 1. The third-order valence-electron chi connectivity index (χ3n) is 3.51. The molecule has 104 valence electrons. The fraction of sp³-hybridized carbons (Fsp3) is 0.231. The van der Waals surface area contributed by atoms with Crippen molar-refractivity contribution < 1.29 is 13.2 Å². The van der Waals surface area contributed by atoms with Gasteiger partial charge in [0.1, 0.15) is 0 Å². The molecule has 6 nitrogen and oxygen atoms in total.